The highest BCUT2D eigenvalue weighted by molar-refractivity contribution is 6.74. The van der Waals surface area contributed by atoms with Gasteiger partial charge in [-0.3, -0.25) is 0 Å². The van der Waals surface area contributed by atoms with Crippen molar-refractivity contribution in [1.29, 1.82) is 0 Å². The maximum Gasteiger partial charge on any atom is 0.200 e. The molecule has 0 saturated heterocycles. The first kappa shape index (κ1) is 12.9. The molecule has 0 atom stereocenters. The highest BCUT2D eigenvalue weighted by atomic mass is 28.3. The fraction of sp³-hybridized carbons (Fsp3) is 0.500. The van der Waals surface area contributed by atoms with Gasteiger partial charge in [-0.15, -0.1) is 0 Å². The van der Waals surface area contributed by atoms with E-state index in [2.05, 4.69) is 42.5 Å². The lowest BCUT2D eigenvalue weighted by Gasteiger charge is -2.10. The average molecular weight is 236 g/mol. The Balaban J connectivity index is 3.17. The topological polar surface area (TPSA) is 34.0 Å². The van der Waals surface area contributed by atoms with E-state index in [1.165, 1.54) is 5.56 Å². The van der Waals surface area contributed by atoms with Crippen LogP contribution in [0, 0.1) is 13.8 Å². The number of methoxy groups -OCH3 is 1. The number of hydrogen-bond donors (Lipinski definition) is 0. The summed E-state index contributed by atoms with van der Waals surface area (Å²) in [5, 5.41) is 4.33. The van der Waals surface area contributed by atoms with Gasteiger partial charge in [0, 0.05) is 0 Å². The van der Waals surface area contributed by atoms with Crippen molar-refractivity contribution in [2.75, 3.05) is 7.11 Å². The Morgan fingerprint density at radius 1 is 1.12 bits per heavy atom. The molecule has 3 nitrogen and oxygen atoms in total. The molecule has 0 aliphatic carbocycles. The highest BCUT2D eigenvalue weighted by Crippen LogP contribution is 2.33. The Labute approximate surface area is 98.6 Å². The molecule has 0 radical (unpaired) electrons. The predicted molar refractivity (Wildman–Crippen MR) is 70.3 cm³/mol. The van der Waals surface area contributed by atoms with Gasteiger partial charge in [-0.25, -0.2) is 4.78 Å². The summed E-state index contributed by atoms with van der Waals surface area (Å²) in [6.07, 6.45) is 0. The second kappa shape index (κ2) is 4.78. The SMILES string of the molecule is COc1c(C)cc(C)cc1N=N[Si](C)(C)C. The normalized spacial score (nSPS) is 12.1. The minimum atomic E-state index is -1.51. The molecule has 0 amide bonds. The monoisotopic (exact) mass is 236 g/mol. The Morgan fingerprint density at radius 2 is 1.75 bits per heavy atom. The van der Waals surface area contributed by atoms with Crippen molar-refractivity contribution in [1.82, 2.24) is 0 Å². The molecule has 88 valence electrons. The lowest BCUT2D eigenvalue weighted by Crippen LogP contribution is -2.14. The van der Waals surface area contributed by atoms with Gasteiger partial charge < -0.3 is 4.74 Å². The van der Waals surface area contributed by atoms with Crippen molar-refractivity contribution in [3.8, 4) is 5.75 Å². The van der Waals surface area contributed by atoms with Crippen LogP contribution in [0.4, 0.5) is 5.69 Å². The molecule has 0 heterocycles. The van der Waals surface area contributed by atoms with Gasteiger partial charge in [-0.2, -0.15) is 5.11 Å². The van der Waals surface area contributed by atoms with Crippen molar-refractivity contribution in [3.05, 3.63) is 23.3 Å². The molecule has 0 N–H and O–H groups in total. The van der Waals surface area contributed by atoms with Gasteiger partial charge in [0.05, 0.1) is 7.11 Å². The van der Waals surface area contributed by atoms with Crippen molar-refractivity contribution < 1.29 is 4.74 Å². The lowest BCUT2D eigenvalue weighted by atomic mass is 10.1. The predicted octanol–water partition coefficient (Wildman–Crippen LogP) is 4.23. The fourth-order valence-corrected chi connectivity index (χ4v) is 1.88. The van der Waals surface area contributed by atoms with E-state index in [9.17, 15) is 0 Å². The zero-order valence-electron chi connectivity index (χ0n) is 11.0. The number of nitrogens with zero attached hydrogens (tertiary/aromatic N) is 2. The van der Waals surface area contributed by atoms with Gasteiger partial charge in [-0.1, -0.05) is 6.07 Å². The molecular weight excluding hydrogens is 216 g/mol. The molecule has 0 unspecified atom stereocenters. The molecular formula is C12H20N2OSi. The van der Waals surface area contributed by atoms with Gasteiger partial charge >= 0.3 is 0 Å². The smallest absolute Gasteiger partial charge is 0.200 e. The Kier molecular flexibility index (Phi) is 3.86. The number of rotatable bonds is 3. The maximum atomic E-state index is 5.36. The number of ether oxygens (including phenoxy) is 1. The highest BCUT2D eigenvalue weighted by Gasteiger charge is 2.13. The summed E-state index contributed by atoms with van der Waals surface area (Å²) in [4.78, 5) is 0. The molecule has 4 heteroatoms. The Hall–Kier alpha value is -1.16. The molecule has 16 heavy (non-hydrogen) atoms. The van der Waals surface area contributed by atoms with Crippen LogP contribution in [-0.2, 0) is 0 Å². The molecule has 1 rings (SSSR count). The summed E-state index contributed by atoms with van der Waals surface area (Å²) in [5.74, 6) is 0.826. The van der Waals surface area contributed by atoms with Crippen LogP contribution in [-0.4, -0.2) is 15.3 Å². The number of aryl methyl sites for hydroxylation is 2. The summed E-state index contributed by atoms with van der Waals surface area (Å²) >= 11 is 0. The first-order valence-corrected chi connectivity index (χ1v) is 8.86. The summed E-state index contributed by atoms with van der Waals surface area (Å²) in [6.45, 7) is 10.6. The molecule has 1 aromatic rings. The number of hydrogen-bond acceptors (Lipinski definition) is 3. The third-order valence-electron chi connectivity index (χ3n) is 2.06. The van der Waals surface area contributed by atoms with E-state index >= 15 is 0 Å². The number of benzene rings is 1. The van der Waals surface area contributed by atoms with Crippen molar-refractivity contribution >= 4 is 13.9 Å². The molecule has 0 fully saturated rings. The minimum Gasteiger partial charge on any atom is -0.494 e. The molecule has 0 aliphatic rings. The van der Waals surface area contributed by atoms with Crippen LogP contribution >= 0.6 is 0 Å². The zero-order chi connectivity index (χ0) is 12.3. The summed E-state index contributed by atoms with van der Waals surface area (Å²) in [5.41, 5.74) is 3.12. The fourth-order valence-electron chi connectivity index (χ4n) is 1.48. The lowest BCUT2D eigenvalue weighted by molar-refractivity contribution is 0.412. The second-order valence-corrected chi connectivity index (χ2v) is 9.55. The minimum absolute atomic E-state index is 0.826. The van der Waals surface area contributed by atoms with Gasteiger partial charge in [0.1, 0.15) is 11.4 Å². The van der Waals surface area contributed by atoms with E-state index in [4.69, 9.17) is 4.74 Å². The van der Waals surface area contributed by atoms with Gasteiger partial charge in [0.25, 0.3) is 0 Å². The van der Waals surface area contributed by atoms with Crippen molar-refractivity contribution in [3.63, 3.8) is 0 Å². The van der Waals surface area contributed by atoms with Crippen molar-refractivity contribution in [2.24, 2.45) is 9.89 Å². The summed E-state index contributed by atoms with van der Waals surface area (Å²) < 4.78 is 9.76. The molecule has 0 aromatic heterocycles. The Morgan fingerprint density at radius 3 is 2.25 bits per heavy atom. The van der Waals surface area contributed by atoms with Gasteiger partial charge in [0.15, 0.2) is 0 Å². The van der Waals surface area contributed by atoms with Crippen molar-refractivity contribution in [2.45, 2.75) is 33.5 Å². The average Bonchev–Trinajstić information content (AvgIpc) is 2.12. The standard InChI is InChI=1S/C12H20N2OSi/c1-9-7-10(2)12(15-3)11(8-9)13-14-16(4,5)6/h7-8H,1-6H3. The first-order chi connectivity index (χ1) is 7.33. The first-order valence-electron chi connectivity index (χ1n) is 5.41. The summed E-state index contributed by atoms with van der Waals surface area (Å²) in [7, 11) is 0.164. The molecule has 0 bridgehead atoms. The van der Waals surface area contributed by atoms with E-state index in [1.54, 1.807) is 7.11 Å². The third kappa shape index (κ3) is 3.45. The quantitative estimate of drug-likeness (QED) is 0.571. The van der Waals surface area contributed by atoms with Crippen LogP contribution < -0.4 is 4.74 Å². The molecule has 0 saturated carbocycles. The van der Waals surface area contributed by atoms with Crippen LogP contribution in [0.1, 0.15) is 11.1 Å². The zero-order valence-corrected chi connectivity index (χ0v) is 12.0. The van der Waals surface area contributed by atoms with E-state index in [-0.39, 0.29) is 0 Å². The van der Waals surface area contributed by atoms with Crippen LogP contribution in [0.3, 0.4) is 0 Å². The van der Waals surface area contributed by atoms with Crippen LogP contribution in [0.2, 0.25) is 19.6 Å². The molecule has 0 aliphatic heterocycles. The largest absolute Gasteiger partial charge is 0.494 e. The van der Waals surface area contributed by atoms with E-state index in [0.29, 0.717) is 0 Å². The van der Waals surface area contributed by atoms with Crippen LogP contribution in [0.25, 0.3) is 0 Å². The van der Waals surface area contributed by atoms with Crippen LogP contribution in [0.5, 0.6) is 5.75 Å². The van der Waals surface area contributed by atoms with Gasteiger partial charge in [-0.05, 0) is 50.7 Å². The second-order valence-electron chi connectivity index (χ2n) is 5.01. The van der Waals surface area contributed by atoms with Gasteiger partial charge in [0.2, 0.25) is 8.24 Å². The Bertz CT molecular complexity index is 408. The van der Waals surface area contributed by atoms with E-state index in [1.807, 2.05) is 13.0 Å². The summed E-state index contributed by atoms with van der Waals surface area (Å²) in [6, 6.07) is 4.10. The molecule has 1 aromatic carbocycles. The molecule has 0 spiro atoms. The third-order valence-corrected chi connectivity index (χ3v) is 2.76. The van der Waals surface area contributed by atoms with Crippen LogP contribution in [0.15, 0.2) is 22.0 Å². The maximum absolute atomic E-state index is 5.36. The van der Waals surface area contributed by atoms with E-state index < -0.39 is 8.24 Å². The van der Waals surface area contributed by atoms with E-state index in [0.717, 1.165) is 17.0 Å².